The van der Waals surface area contributed by atoms with Crippen LogP contribution in [0.5, 0.6) is 5.75 Å². The molecule has 2 saturated heterocycles. The number of amides is 1. The number of aliphatic hydroxyl groups excluding tert-OH is 5. The Labute approximate surface area is 193 Å². The molecule has 0 unspecified atom stereocenters. The molecule has 2 fully saturated rings. The molecule has 34 heavy (non-hydrogen) atoms. The minimum absolute atomic E-state index is 0.124. The minimum atomic E-state index is -1.69. The highest BCUT2D eigenvalue weighted by molar-refractivity contribution is 5.73. The zero-order valence-corrected chi connectivity index (χ0v) is 18.3. The average molecular weight is 488 g/mol. The van der Waals surface area contributed by atoms with E-state index in [1.54, 1.807) is 0 Å². The number of nitrogens with zero attached hydrogens (tertiary/aromatic N) is 1. The first-order chi connectivity index (χ1) is 16.0. The number of ether oxygens (including phenoxy) is 4. The van der Waals surface area contributed by atoms with Crippen LogP contribution in [-0.2, 0) is 19.0 Å². The summed E-state index contributed by atoms with van der Waals surface area (Å²) in [7, 11) is 0. The van der Waals surface area contributed by atoms with Crippen molar-refractivity contribution in [3.05, 3.63) is 34.4 Å². The van der Waals surface area contributed by atoms with E-state index in [0.717, 1.165) is 0 Å². The third kappa shape index (κ3) is 5.61. The van der Waals surface area contributed by atoms with Gasteiger partial charge in [0.1, 0.15) is 48.4 Å². The molecule has 3 rings (SSSR count). The van der Waals surface area contributed by atoms with Crippen LogP contribution in [0.3, 0.4) is 0 Å². The number of nitro benzene ring substituents is 1. The molecule has 0 spiro atoms. The molecule has 0 saturated carbocycles. The van der Waals surface area contributed by atoms with Crippen LogP contribution in [0, 0.1) is 10.1 Å². The Morgan fingerprint density at radius 3 is 2.26 bits per heavy atom. The van der Waals surface area contributed by atoms with Crippen LogP contribution in [0.4, 0.5) is 5.69 Å². The van der Waals surface area contributed by atoms with Crippen molar-refractivity contribution in [3.63, 3.8) is 0 Å². The second kappa shape index (κ2) is 10.9. The lowest BCUT2D eigenvalue weighted by molar-refractivity contribution is -0.384. The molecule has 2 aliphatic rings. The molecule has 2 aliphatic heterocycles. The second-order valence-corrected chi connectivity index (χ2v) is 8.09. The van der Waals surface area contributed by atoms with Crippen LogP contribution in [-0.4, -0.2) is 104 Å². The zero-order valence-electron chi connectivity index (χ0n) is 18.3. The number of non-ortho nitro benzene ring substituents is 1. The Hall–Kier alpha value is -2.43. The zero-order chi connectivity index (χ0) is 25.2. The van der Waals surface area contributed by atoms with E-state index in [1.165, 1.54) is 38.1 Å². The molecule has 190 valence electrons. The van der Waals surface area contributed by atoms with Gasteiger partial charge in [-0.15, -0.1) is 0 Å². The van der Waals surface area contributed by atoms with Gasteiger partial charge in [-0.25, -0.2) is 0 Å². The van der Waals surface area contributed by atoms with Crippen LogP contribution in [0.25, 0.3) is 0 Å². The number of nitro groups is 1. The highest BCUT2D eigenvalue weighted by atomic mass is 16.7. The van der Waals surface area contributed by atoms with E-state index in [1.807, 2.05) is 0 Å². The van der Waals surface area contributed by atoms with Crippen molar-refractivity contribution in [2.45, 2.75) is 75.2 Å². The van der Waals surface area contributed by atoms with E-state index in [2.05, 4.69) is 5.32 Å². The molecule has 14 nitrogen and oxygen atoms in total. The molecule has 1 aromatic rings. The molecule has 1 amide bonds. The SMILES string of the molecule is CC(=O)N[C@H]1[C@H](Oc2ccc([N+](=O)[O-])cc2)O[C@H](CO)[C@@H](O)[C@@H]1O[C@@H]1O[C@@H](C)[C@@H](O)[C@@H](O)[C@@H]1O. The summed E-state index contributed by atoms with van der Waals surface area (Å²) in [5, 5.41) is 64.1. The topological polar surface area (TPSA) is 210 Å². The molecule has 0 aliphatic carbocycles. The summed E-state index contributed by atoms with van der Waals surface area (Å²) >= 11 is 0. The summed E-state index contributed by atoms with van der Waals surface area (Å²) < 4.78 is 22.5. The van der Waals surface area contributed by atoms with E-state index in [4.69, 9.17) is 18.9 Å². The molecule has 14 heteroatoms. The Kier molecular flexibility index (Phi) is 8.38. The summed E-state index contributed by atoms with van der Waals surface area (Å²) in [6, 6.07) is 3.78. The molecule has 0 aromatic heterocycles. The quantitative estimate of drug-likeness (QED) is 0.178. The van der Waals surface area contributed by atoms with Gasteiger partial charge in [-0.2, -0.15) is 0 Å². The lowest BCUT2D eigenvalue weighted by atomic mass is 9.95. The Morgan fingerprint density at radius 1 is 1.06 bits per heavy atom. The summed E-state index contributed by atoms with van der Waals surface area (Å²) in [5.74, 6) is -0.429. The van der Waals surface area contributed by atoms with Gasteiger partial charge in [0.2, 0.25) is 12.2 Å². The molecule has 1 aromatic carbocycles. The Bertz CT molecular complexity index is 854. The van der Waals surface area contributed by atoms with Crippen LogP contribution in [0.15, 0.2) is 24.3 Å². The minimum Gasteiger partial charge on any atom is -0.463 e. The highest BCUT2D eigenvalue weighted by Gasteiger charge is 2.51. The number of nitrogens with one attached hydrogen (secondary N) is 1. The summed E-state index contributed by atoms with van der Waals surface area (Å²) in [6.07, 6.45) is -12.6. The van der Waals surface area contributed by atoms with Gasteiger partial charge in [-0.1, -0.05) is 0 Å². The number of benzene rings is 1. The largest absolute Gasteiger partial charge is 0.463 e. The first-order valence-corrected chi connectivity index (χ1v) is 10.5. The van der Waals surface area contributed by atoms with Gasteiger partial charge in [0.15, 0.2) is 6.29 Å². The predicted molar refractivity (Wildman–Crippen MR) is 110 cm³/mol. The van der Waals surface area contributed by atoms with Gasteiger partial charge in [-0.3, -0.25) is 14.9 Å². The average Bonchev–Trinajstić information content (AvgIpc) is 2.79. The fraction of sp³-hybridized carbons (Fsp3) is 0.650. The fourth-order valence-electron chi connectivity index (χ4n) is 3.78. The monoisotopic (exact) mass is 488 g/mol. The third-order valence-corrected chi connectivity index (χ3v) is 5.62. The summed E-state index contributed by atoms with van der Waals surface area (Å²) in [5.41, 5.74) is -0.182. The third-order valence-electron chi connectivity index (χ3n) is 5.62. The van der Waals surface area contributed by atoms with Gasteiger partial charge in [0.25, 0.3) is 5.69 Å². The van der Waals surface area contributed by atoms with Crippen LogP contribution in [0.1, 0.15) is 13.8 Å². The maximum absolute atomic E-state index is 11.9. The first-order valence-electron chi connectivity index (χ1n) is 10.5. The molecule has 0 radical (unpaired) electrons. The predicted octanol–water partition coefficient (Wildman–Crippen LogP) is -2.23. The van der Waals surface area contributed by atoms with Crippen molar-refractivity contribution in [3.8, 4) is 5.75 Å². The Balaban J connectivity index is 1.87. The van der Waals surface area contributed by atoms with Gasteiger partial charge < -0.3 is 49.8 Å². The van der Waals surface area contributed by atoms with Crippen molar-refractivity contribution in [2.75, 3.05) is 6.61 Å². The van der Waals surface area contributed by atoms with Crippen molar-refractivity contribution < 1.29 is 54.2 Å². The summed E-state index contributed by atoms with van der Waals surface area (Å²) in [4.78, 5) is 22.2. The number of rotatable bonds is 7. The van der Waals surface area contributed by atoms with Gasteiger partial charge >= 0.3 is 0 Å². The smallest absolute Gasteiger partial charge is 0.269 e. The lowest BCUT2D eigenvalue weighted by Gasteiger charge is -2.47. The first kappa shape index (κ1) is 26.2. The van der Waals surface area contributed by atoms with Crippen LogP contribution in [0.2, 0.25) is 0 Å². The van der Waals surface area contributed by atoms with Crippen molar-refractivity contribution in [2.24, 2.45) is 0 Å². The molecular weight excluding hydrogens is 460 g/mol. The molecule has 2 heterocycles. The van der Waals surface area contributed by atoms with Gasteiger partial charge in [-0.05, 0) is 19.1 Å². The number of hydrogen-bond acceptors (Lipinski definition) is 12. The maximum atomic E-state index is 11.9. The van der Waals surface area contributed by atoms with Gasteiger partial charge in [0.05, 0.1) is 17.6 Å². The molecule has 6 N–H and O–H groups in total. The van der Waals surface area contributed by atoms with Gasteiger partial charge in [0, 0.05) is 19.1 Å². The van der Waals surface area contributed by atoms with E-state index in [9.17, 15) is 40.4 Å². The Morgan fingerprint density at radius 2 is 1.71 bits per heavy atom. The number of carbonyl (C=O) groups is 1. The standard InChI is InChI=1S/C20H28N2O12/c1-8-14(25)16(27)17(28)20(31-8)34-18-13(21-9(2)24)19(33-12(7-23)15(18)26)32-11-5-3-10(4-6-11)22(29)30/h3-6,8,12-20,23,25-28H,7H2,1-2H3,(H,21,24)/t8-,12+,13+,14+,15+,16+,17-,18+,19+,20-/m0/s1. The second-order valence-electron chi connectivity index (χ2n) is 8.09. The highest BCUT2D eigenvalue weighted by Crippen LogP contribution is 2.30. The molecule has 0 bridgehead atoms. The van der Waals surface area contributed by atoms with E-state index >= 15 is 0 Å². The lowest BCUT2D eigenvalue weighted by Crippen LogP contribution is -2.68. The van der Waals surface area contributed by atoms with E-state index in [-0.39, 0.29) is 11.4 Å². The van der Waals surface area contributed by atoms with Crippen molar-refractivity contribution in [1.29, 1.82) is 0 Å². The number of carbonyl (C=O) groups excluding carboxylic acids is 1. The normalized spacial score (nSPS) is 38.2. The van der Waals surface area contributed by atoms with Crippen LogP contribution >= 0.6 is 0 Å². The molecular formula is C20H28N2O12. The van der Waals surface area contributed by atoms with E-state index < -0.39 is 78.8 Å². The number of hydrogen-bond donors (Lipinski definition) is 6. The van der Waals surface area contributed by atoms with Crippen LogP contribution < -0.4 is 10.1 Å². The van der Waals surface area contributed by atoms with E-state index in [0.29, 0.717) is 0 Å². The summed E-state index contributed by atoms with van der Waals surface area (Å²) in [6.45, 7) is 1.97. The molecule has 10 atom stereocenters. The maximum Gasteiger partial charge on any atom is 0.269 e. The van der Waals surface area contributed by atoms with Crippen molar-refractivity contribution in [1.82, 2.24) is 5.32 Å². The fourth-order valence-corrected chi connectivity index (χ4v) is 3.78. The van der Waals surface area contributed by atoms with Crippen molar-refractivity contribution >= 4 is 11.6 Å². The number of aliphatic hydroxyl groups is 5.